The molecule has 0 radical (unpaired) electrons. The van der Waals surface area contributed by atoms with Crippen LogP contribution in [-0.2, 0) is 6.54 Å². The lowest BCUT2D eigenvalue weighted by Gasteiger charge is -2.25. The predicted molar refractivity (Wildman–Crippen MR) is 124 cm³/mol. The van der Waals surface area contributed by atoms with E-state index in [0.29, 0.717) is 27.6 Å². The highest BCUT2D eigenvalue weighted by atomic mass is 35.5. The van der Waals surface area contributed by atoms with Gasteiger partial charge in [-0.15, -0.1) is 0 Å². The van der Waals surface area contributed by atoms with Crippen molar-refractivity contribution in [3.63, 3.8) is 0 Å². The number of carbonyl (C=O) groups is 1. The van der Waals surface area contributed by atoms with Crippen molar-refractivity contribution in [2.24, 2.45) is 0 Å². The number of aromatic amines is 1. The summed E-state index contributed by atoms with van der Waals surface area (Å²) >= 11 is 6.31. The van der Waals surface area contributed by atoms with Crippen LogP contribution in [0, 0.1) is 6.92 Å². The third-order valence-electron chi connectivity index (χ3n) is 5.22. The van der Waals surface area contributed by atoms with Crippen molar-refractivity contribution in [3.8, 4) is 5.75 Å². The Labute approximate surface area is 184 Å². The number of nitrogens with zero attached hydrogens (tertiary/aromatic N) is 1. The number of amides is 1. The van der Waals surface area contributed by atoms with Crippen LogP contribution in [0.2, 0.25) is 5.02 Å². The second-order valence-corrected chi connectivity index (χ2v) is 7.61. The summed E-state index contributed by atoms with van der Waals surface area (Å²) in [7, 11) is 1.54. The van der Waals surface area contributed by atoms with E-state index in [1.54, 1.807) is 43.5 Å². The number of methoxy groups -OCH3 is 1. The number of rotatable bonds is 5. The Morgan fingerprint density at radius 2 is 1.77 bits per heavy atom. The van der Waals surface area contributed by atoms with Gasteiger partial charge < -0.3 is 14.6 Å². The first-order valence-corrected chi connectivity index (χ1v) is 10.2. The Balaban J connectivity index is 1.85. The number of benzene rings is 3. The number of aryl methyl sites for hydroxylation is 1. The summed E-state index contributed by atoms with van der Waals surface area (Å²) in [5.41, 5.74) is 2.90. The molecule has 1 amide bonds. The zero-order valence-electron chi connectivity index (χ0n) is 17.2. The molecule has 0 aliphatic rings. The Kier molecular flexibility index (Phi) is 5.78. The lowest BCUT2D eigenvalue weighted by atomic mass is 10.1. The minimum absolute atomic E-state index is 0.0592. The minimum Gasteiger partial charge on any atom is -0.495 e. The maximum Gasteiger partial charge on any atom is 0.260 e. The highest BCUT2D eigenvalue weighted by Crippen LogP contribution is 2.31. The summed E-state index contributed by atoms with van der Waals surface area (Å²) in [5.74, 6) is 0.204. The van der Waals surface area contributed by atoms with Gasteiger partial charge in [-0.1, -0.05) is 54.1 Å². The van der Waals surface area contributed by atoms with Gasteiger partial charge in [0, 0.05) is 5.56 Å². The van der Waals surface area contributed by atoms with E-state index in [4.69, 9.17) is 16.3 Å². The number of nitrogens with one attached hydrogen (secondary N) is 1. The number of hydrogen-bond acceptors (Lipinski definition) is 3. The van der Waals surface area contributed by atoms with Crippen LogP contribution in [0.5, 0.6) is 5.75 Å². The number of anilines is 1. The average Bonchev–Trinajstić information content (AvgIpc) is 2.78. The normalized spacial score (nSPS) is 10.8. The van der Waals surface area contributed by atoms with Gasteiger partial charge in [-0.25, -0.2) is 0 Å². The van der Waals surface area contributed by atoms with Gasteiger partial charge in [0.15, 0.2) is 0 Å². The van der Waals surface area contributed by atoms with Gasteiger partial charge in [0.2, 0.25) is 0 Å². The Morgan fingerprint density at radius 1 is 1.03 bits per heavy atom. The quantitative estimate of drug-likeness (QED) is 0.462. The van der Waals surface area contributed by atoms with E-state index in [0.717, 1.165) is 16.5 Å². The third kappa shape index (κ3) is 4.05. The monoisotopic (exact) mass is 432 g/mol. The molecule has 31 heavy (non-hydrogen) atoms. The Morgan fingerprint density at radius 3 is 2.55 bits per heavy atom. The number of ether oxygens (including phenoxy) is 1. The first-order chi connectivity index (χ1) is 15.0. The summed E-state index contributed by atoms with van der Waals surface area (Å²) in [6.45, 7) is 2.00. The zero-order valence-corrected chi connectivity index (χ0v) is 17.9. The number of carbonyl (C=O) groups excluding carboxylic acids is 1. The number of hydrogen-bond donors (Lipinski definition) is 1. The molecule has 6 heteroatoms. The fraction of sp³-hybridized carbons (Fsp3) is 0.120. The molecule has 156 valence electrons. The van der Waals surface area contributed by atoms with Crippen molar-refractivity contribution >= 4 is 34.1 Å². The van der Waals surface area contributed by atoms with Crippen LogP contribution in [-0.4, -0.2) is 18.0 Å². The van der Waals surface area contributed by atoms with Crippen LogP contribution in [0.4, 0.5) is 5.69 Å². The summed E-state index contributed by atoms with van der Waals surface area (Å²) in [4.78, 5) is 30.9. The maximum absolute atomic E-state index is 13.5. The Hall–Kier alpha value is -3.57. The smallest absolute Gasteiger partial charge is 0.260 e. The van der Waals surface area contributed by atoms with Gasteiger partial charge >= 0.3 is 0 Å². The molecule has 1 N–H and O–H groups in total. The van der Waals surface area contributed by atoms with Gasteiger partial charge in [-0.2, -0.15) is 0 Å². The SMILES string of the molecule is COc1ccccc1N(Cc1cc2cccc(C)c2[nH]c1=O)C(=O)c1ccccc1Cl. The van der Waals surface area contributed by atoms with E-state index >= 15 is 0 Å². The minimum atomic E-state index is -0.321. The van der Waals surface area contributed by atoms with Gasteiger partial charge in [0.1, 0.15) is 5.75 Å². The number of H-pyrrole nitrogens is 1. The van der Waals surface area contributed by atoms with Crippen LogP contribution < -0.4 is 15.2 Å². The van der Waals surface area contributed by atoms with Crippen molar-refractivity contribution in [2.45, 2.75) is 13.5 Å². The average molecular weight is 433 g/mol. The molecule has 1 aromatic heterocycles. The van der Waals surface area contributed by atoms with Crippen molar-refractivity contribution in [1.82, 2.24) is 4.98 Å². The molecule has 0 fully saturated rings. The molecule has 0 aliphatic heterocycles. The number of fused-ring (bicyclic) bond motifs is 1. The number of para-hydroxylation sites is 3. The summed E-state index contributed by atoms with van der Waals surface area (Å²) in [6, 6.07) is 21.7. The molecule has 4 rings (SSSR count). The molecular formula is C25H21ClN2O3. The molecule has 1 heterocycles. The van der Waals surface area contributed by atoms with Crippen molar-refractivity contribution in [3.05, 3.63) is 105 Å². The molecular weight excluding hydrogens is 412 g/mol. The van der Waals surface area contributed by atoms with E-state index in [1.807, 2.05) is 43.3 Å². The standard InChI is InChI=1S/C25H21ClN2O3/c1-16-8-7-9-17-14-18(24(29)27-23(16)17)15-28(21-12-5-6-13-22(21)31-2)25(30)19-10-3-4-11-20(19)26/h3-14H,15H2,1-2H3,(H,27,29). The van der Waals surface area contributed by atoms with Crippen LogP contribution in [0.3, 0.4) is 0 Å². The third-order valence-corrected chi connectivity index (χ3v) is 5.55. The summed E-state index contributed by atoms with van der Waals surface area (Å²) < 4.78 is 5.48. The molecule has 5 nitrogen and oxygen atoms in total. The molecule has 0 aliphatic carbocycles. The highest BCUT2D eigenvalue weighted by Gasteiger charge is 2.24. The zero-order chi connectivity index (χ0) is 22.0. The van der Waals surface area contributed by atoms with Crippen molar-refractivity contribution in [1.29, 1.82) is 0 Å². The second-order valence-electron chi connectivity index (χ2n) is 7.21. The first kappa shape index (κ1) is 20.7. The fourth-order valence-corrected chi connectivity index (χ4v) is 3.83. The number of aromatic nitrogens is 1. The van der Waals surface area contributed by atoms with Gasteiger partial charge in [0.05, 0.1) is 35.4 Å². The number of halogens is 1. The lowest BCUT2D eigenvalue weighted by Crippen LogP contribution is -2.33. The van der Waals surface area contributed by atoms with Crippen LogP contribution in [0.1, 0.15) is 21.5 Å². The largest absolute Gasteiger partial charge is 0.495 e. The molecule has 0 saturated carbocycles. The number of pyridine rings is 1. The lowest BCUT2D eigenvalue weighted by molar-refractivity contribution is 0.0984. The van der Waals surface area contributed by atoms with E-state index in [2.05, 4.69) is 4.98 Å². The maximum atomic E-state index is 13.5. The van der Waals surface area contributed by atoms with Gasteiger partial charge in [-0.3, -0.25) is 9.59 Å². The molecule has 0 spiro atoms. The van der Waals surface area contributed by atoms with Crippen LogP contribution >= 0.6 is 11.6 Å². The van der Waals surface area contributed by atoms with Gasteiger partial charge in [0.25, 0.3) is 11.5 Å². The Bertz CT molecular complexity index is 1330. The second kappa shape index (κ2) is 8.66. The molecule has 0 atom stereocenters. The van der Waals surface area contributed by atoms with Crippen LogP contribution in [0.25, 0.3) is 10.9 Å². The molecule has 0 bridgehead atoms. The van der Waals surface area contributed by atoms with Crippen molar-refractivity contribution < 1.29 is 9.53 Å². The summed E-state index contributed by atoms with van der Waals surface area (Å²) in [6.07, 6.45) is 0. The van der Waals surface area contributed by atoms with Crippen LogP contribution in [0.15, 0.2) is 77.6 Å². The first-order valence-electron chi connectivity index (χ1n) is 9.80. The van der Waals surface area contributed by atoms with Crippen molar-refractivity contribution in [2.75, 3.05) is 12.0 Å². The van der Waals surface area contributed by atoms with E-state index < -0.39 is 0 Å². The topological polar surface area (TPSA) is 62.4 Å². The molecule has 0 unspecified atom stereocenters. The summed E-state index contributed by atoms with van der Waals surface area (Å²) in [5, 5.41) is 1.25. The van der Waals surface area contributed by atoms with E-state index in [1.165, 1.54) is 4.90 Å². The van der Waals surface area contributed by atoms with E-state index in [-0.39, 0.29) is 18.0 Å². The van der Waals surface area contributed by atoms with E-state index in [9.17, 15) is 9.59 Å². The molecule has 3 aromatic carbocycles. The fourth-order valence-electron chi connectivity index (χ4n) is 3.62. The van der Waals surface area contributed by atoms with Gasteiger partial charge in [-0.05, 0) is 48.2 Å². The molecule has 0 saturated heterocycles. The molecule has 4 aromatic rings. The predicted octanol–water partition coefficient (Wildman–Crippen LogP) is 5.35. The highest BCUT2D eigenvalue weighted by molar-refractivity contribution is 6.34.